The Labute approximate surface area is 138 Å². The van der Waals surface area contributed by atoms with Gasteiger partial charge in [-0.15, -0.1) is 0 Å². The summed E-state index contributed by atoms with van der Waals surface area (Å²) < 4.78 is 1.91. The first-order valence-electron chi connectivity index (χ1n) is 7.23. The van der Waals surface area contributed by atoms with Crippen molar-refractivity contribution < 1.29 is 9.59 Å². The molecule has 0 spiro atoms. The van der Waals surface area contributed by atoms with Gasteiger partial charge in [0.2, 0.25) is 6.41 Å². The molecule has 0 aliphatic carbocycles. The molecule has 2 aromatic carbocycles. The van der Waals surface area contributed by atoms with E-state index in [9.17, 15) is 9.59 Å². The number of carbonyl (C=O) groups is 2. The molecule has 0 unspecified atom stereocenters. The van der Waals surface area contributed by atoms with E-state index in [1.165, 1.54) is 0 Å². The van der Waals surface area contributed by atoms with Crippen LogP contribution in [0.3, 0.4) is 0 Å². The smallest absolute Gasteiger partial charge is 0.332 e. The Balaban J connectivity index is 1.89. The third-order valence-electron chi connectivity index (χ3n) is 3.72. The van der Waals surface area contributed by atoms with E-state index in [4.69, 9.17) is 5.26 Å². The van der Waals surface area contributed by atoms with Crippen molar-refractivity contribution in [2.45, 2.75) is 0 Å². The molecule has 3 aromatic rings. The number of aromatic nitrogens is 1. The highest BCUT2D eigenvalue weighted by molar-refractivity contribution is 6.12. The van der Waals surface area contributed by atoms with Crippen LogP contribution in [0, 0.1) is 11.3 Å². The predicted octanol–water partition coefficient (Wildman–Crippen LogP) is 3.24. The molecule has 0 saturated heterocycles. The van der Waals surface area contributed by atoms with E-state index >= 15 is 0 Å². The van der Waals surface area contributed by atoms with Gasteiger partial charge in [0, 0.05) is 24.4 Å². The van der Waals surface area contributed by atoms with Crippen LogP contribution in [0.4, 0.5) is 16.2 Å². The highest BCUT2D eigenvalue weighted by Gasteiger charge is 2.16. The SMILES string of the molecule is Cn1ccc2ccc(N(C=O)C(=O)Nc3cccc(C#N)c3)cc21. The van der Waals surface area contributed by atoms with Crippen LogP contribution in [0.15, 0.2) is 54.7 Å². The molecular weight excluding hydrogens is 304 g/mol. The topological polar surface area (TPSA) is 78.1 Å². The Kier molecular flexibility index (Phi) is 4.00. The van der Waals surface area contributed by atoms with Crippen LogP contribution in [0.1, 0.15) is 5.56 Å². The molecule has 1 N–H and O–H groups in total. The number of nitriles is 1. The molecule has 0 fully saturated rings. The number of amides is 3. The van der Waals surface area contributed by atoms with Crippen LogP contribution in [-0.2, 0) is 11.8 Å². The fourth-order valence-corrected chi connectivity index (χ4v) is 2.48. The molecule has 3 amide bonds. The van der Waals surface area contributed by atoms with Crippen molar-refractivity contribution in [1.29, 1.82) is 5.26 Å². The molecule has 1 heterocycles. The number of carbonyl (C=O) groups excluding carboxylic acids is 2. The van der Waals surface area contributed by atoms with E-state index in [0.29, 0.717) is 23.3 Å². The first kappa shape index (κ1) is 15.3. The van der Waals surface area contributed by atoms with Crippen LogP contribution in [0.25, 0.3) is 10.9 Å². The van der Waals surface area contributed by atoms with Crippen LogP contribution in [0.2, 0.25) is 0 Å². The molecule has 6 nitrogen and oxygen atoms in total. The maximum absolute atomic E-state index is 12.4. The monoisotopic (exact) mass is 318 g/mol. The summed E-state index contributed by atoms with van der Waals surface area (Å²) in [6.45, 7) is 0. The van der Waals surface area contributed by atoms with E-state index in [0.717, 1.165) is 15.8 Å². The number of hydrogen-bond acceptors (Lipinski definition) is 3. The molecule has 0 saturated carbocycles. The van der Waals surface area contributed by atoms with Crippen LogP contribution < -0.4 is 10.2 Å². The number of rotatable bonds is 3. The Morgan fingerprint density at radius 2 is 2.08 bits per heavy atom. The van der Waals surface area contributed by atoms with E-state index in [1.54, 1.807) is 36.4 Å². The van der Waals surface area contributed by atoms with E-state index in [2.05, 4.69) is 5.32 Å². The van der Waals surface area contributed by atoms with Gasteiger partial charge >= 0.3 is 6.03 Å². The predicted molar refractivity (Wildman–Crippen MR) is 91.6 cm³/mol. The van der Waals surface area contributed by atoms with Gasteiger partial charge in [-0.1, -0.05) is 12.1 Å². The molecule has 3 rings (SSSR count). The Morgan fingerprint density at radius 3 is 2.83 bits per heavy atom. The summed E-state index contributed by atoms with van der Waals surface area (Å²) in [5, 5.41) is 12.5. The average molecular weight is 318 g/mol. The highest BCUT2D eigenvalue weighted by atomic mass is 16.2. The summed E-state index contributed by atoms with van der Waals surface area (Å²) in [4.78, 5) is 24.8. The molecule has 118 valence electrons. The van der Waals surface area contributed by atoms with Gasteiger partial charge in [-0.05, 0) is 41.8 Å². The van der Waals surface area contributed by atoms with E-state index in [1.807, 2.05) is 36.0 Å². The van der Waals surface area contributed by atoms with Crippen LogP contribution >= 0.6 is 0 Å². The number of benzene rings is 2. The number of imide groups is 1. The minimum absolute atomic E-state index is 0.427. The van der Waals surface area contributed by atoms with Crippen molar-refractivity contribution in [2.24, 2.45) is 7.05 Å². The van der Waals surface area contributed by atoms with Gasteiger partial charge in [-0.2, -0.15) is 5.26 Å². The maximum Gasteiger partial charge on any atom is 0.332 e. The summed E-state index contributed by atoms with van der Waals surface area (Å²) in [5.41, 5.74) is 2.26. The lowest BCUT2D eigenvalue weighted by molar-refractivity contribution is -0.106. The number of anilines is 2. The number of nitrogens with zero attached hydrogens (tertiary/aromatic N) is 3. The second-order valence-corrected chi connectivity index (χ2v) is 5.27. The lowest BCUT2D eigenvalue weighted by Crippen LogP contribution is -2.33. The first-order valence-corrected chi connectivity index (χ1v) is 7.23. The molecule has 0 radical (unpaired) electrons. The van der Waals surface area contributed by atoms with Crippen molar-refractivity contribution in [2.75, 3.05) is 10.2 Å². The highest BCUT2D eigenvalue weighted by Crippen LogP contribution is 2.23. The zero-order valence-corrected chi connectivity index (χ0v) is 12.9. The maximum atomic E-state index is 12.4. The lowest BCUT2D eigenvalue weighted by Gasteiger charge is -2.17. The second-order valence-electron chi connectivity index (χ2n) is 5.27. The number of fused-ring (bicyclic) bond motifs is 1. The Morgan fingerprint density at radius 1 is 1.25 bits per heavy atom. The summed E-state index contributed by atoms with van der Waals surface area (Å²) in [7, 11) is 1.89. The molecule has 0 aliphatic heterocycles. The molecule has 0 bridgehead atoms. The summed E-state index contributed by atoms with van der Waals surface area (Å²) in [6, 6.07) is 15.2. The minimum atomic E-state index is -0.589. The number of urea groups is 1. The zero-order valence-electron chi connectivity index (χ0n) is 12.9. The third kappa shape index (κ3) is 2.83. The van der Waals surface area contributed by atoms with Crippen molar-refractivity contribution >= 4 is 34.7 Å². The molecule has 6 heteroatoms. The van der Waals surface area contributed by atoms with Crippen LogP contribution in [0.5, 0.6) is 0 Å². The fourth-order valence-electron chi connectivity index (χ4n) is 2.48. The molecule has 24 heavy (non-hydrogen) atoms. The van der Waals surface area contributed by atoms with Crippen LogP contribution in [-0.4, -0.2) is 17.0 Å². The van der Waals surface area contributed by atoms with Gasteiger partial charge in [-0.3, -0.25) is 4.79 Å². The molecule has 0 aliphatic rings. The van der Waals surface area contributed by atoms with E-state index in [-0.39, 0.29) is 0 Å². The fraction of sp³-hybridized carbons (Fsp3) is 0.0556. The Bertz CT molecular complexity index is 969. The van der Waals surface area contributed by atoms with E-state index < -0.39 is 6.03 Å². The van der Waals surface area contributed by atoms with Crippen molar-refractivity contribution in [1.82, 2.24) is 4.57 Å². The largest absolute Gasteiger partial charge is 0.350 e. The van der Waals surface area contributed by atoms with Gasteiger partial charge in [0.05, 0.1) is 17.3 Å². The van der Waals surface area contributed by atoms with Crippen molar-refractivity contribution in [3.63, 3.8) is 0 Å². The number of hydrogen-bond donors (Lipinski definition) is 1. The normalized spacial score (nSPS) is 10.2. The second kappa shape index (κ2) is 6.26. The average Bonchev–Trinajstić information content (AvgIpc) is 2.96. The standard InChI is InChI=1S/C18H14N4O2/c1-21-8-7-14-5-6-16(10-17(14)21)22(12-23)18(24)20-15-4-2-3-13(9-15)11-19/h2-10,12H,1H3,(H,20,24). The lowest BCUT2D eigenvalue weighted by atomic mass is 10.2. The summed E-state index contributed by atoms with van der Waals surface area (Å²) >= 11 is 0. The molecular formula is C18H14N4O2. The first-order chi connectivity index (χ1) is 11.6. The summed E-state index contributed by atoms with van der Waals surface area (Å²) in [6.07, 6.45) is 2.38. The van der Waals surface area contributed by atoms with Gasteiger partial charge in [0.15, 0.2) is 0 Å². The van der Waals surface area contributed by atoms with Crippen molar-refractivity contribution in [3.05, 3.63) is 60.3 Å². The van der Waals surface area contributed by atoms with Crippen molar-refractivity contribution in [3.8, 4) is 6.07 Å². The van der Waals surface area contributed by atoms with Gasteiger partial charge in [0.1, 0.15) is 0 Å². The molecule has 1 aromatic heterocycles. The Hall–Kier alpha value is -3.59. The zero-order chi connectivity index (χ0) is 17.1. The van der Waals surface area contributed by atoms with Gasteiger partial charge < -0.3 is 9.88 Å². The third-order valence-corrected chi connectivity index (χ3v) is 3.72. The van der Waals surface area contributed by atoms with Gasteiger partial charge in [-0.25, -0.2) is 9.69 Å². The summed E-state index contributed by atoms with van der Waals surface area (Å²) in [5.74, 6) is 0. The quantitative estimate of drug-likeness (QED) is 0.753. The number of nitrogens with one attached hydrogen (secondary N) is 1. The van der Waals surface area contributed by atoms with Gasteiger partial charge in [0.25, 0.3) is 0 Å². The molecule has 0 atom stereocenters. The number of aryl methyl sites for hydroxylation is 1. The minimum Gasteiger partial charge on any atom is -0.350 e.